The summed E-state index contributed by atoms with van der Waals surface area (Å²) >= 11 is 1.40. The Balaban J connectivity index is 3.88. The average Bonchev–Trinajstić information content (AvgIpc) is 2.61. The van der Waals surface area contributed by atoms with E-state index in [1.54, 1.807) is 0 Å². The molecule has 142 valence electrons. The van der Waals surface area contributed by atoms with Crippen molar-refractivity contribution in [2.75, 3.05) is 44.4 Å². The van der Waals surface area contributed by atoms with Gasteiger partial charge >= 0.3 is 0 Å². The molecule has 0 fully saturated rings. The quantitative estimate of drug-likeness (QED) is 0.152. The molecular formula is C16H27N3O5S. The zero-order valence-corrected chi connectivity index (χ0v) is 15.4. The highest BCUT2D eigenvalue weighted by atomic mass is 32.2. The average molecular weight is 373 g/mol. The highest BCUT2D eigenvalue weighted by Gasteiger charge is 2.16. The summed E-state index contributed by atoms with van der Waals surface area (Å²) in [7, 11) is 0. The van der Waals surface area contributed by atoms with Crippen molar-refractivity contribution in [3.05, 3.63) is 12.2 Å². The lowest BCUT2D eigenvalue weighted by atomic mass is 10.0. The van der Waals surface area contributed by atoms with Gasteiger partial charge in [0.15, 0.2) is 11.6 Å². The minimum atomic E-state index is -0.548. The molecule has 0 spiro atoms. The van der Waals surface area contributed by atoms with E-state index in [2.05, 4.69) is 17.2 Å². The molecule has 0 aliphatic carbocycles. The van der Waals surface area contributed by atoms with Gasteiger partial charge in [0.05, 0.1) is 31.0 Å². The van der Waals surface area contributed by atoms with E-state index in [0.717, 1.165) is 0 Å². The first-order chi connectivity index (χ1) is 11.9. The fourth-order valence-corrected chi connectivity index (χ4v) is 2.24. The molecule has 0 bridgehead atoms. The number of thioether (sulfide) groups is 1. The van der Waals surface area contributed by atoms with Crippen molar-refractivity contribution in [1.82, 2.24) is 10.6 Å². The smallest absolute Gasteiger partial charge is 0.239 e. The number of nitrogens with one attached hydrogen (secondary N) is 2. The number of carbonyl (C=O) groups excluding carboxylic acids is 4. The molecule has 0 aromatic heterocycles. The number of carbonyl (C=O) groups is 4. The maximum Gasteiger partial charge on any atom is 0.239 e. The summed E-state index contributed by atoms with van der Waals surface area (Å²) < 4.78 is 5.14. The number of Topliss-reactive ketones (excluding diaryl/α,β-unsaturated/α-hetero) is 2. The van der Waals surface area contributed by atoms with E-state index in [-0.39, 0.29) is 42.5 Å². The molecule has 0 atom stereocenters. The standard InChI is InChI=1S/C16H27N3O5S/c1-3-24-7-8-25-11-16(23)19-10-15(22)18-9-14(21)12(2)13(20)5-4-6-17/h2-11,17H2,1H3,(H,18,22)(H,19,23). The van der Waals surface area contributed by atoms with Crippen LogP contribution in [0.2, 0.25) is 0 Å². The Bertz CT molecular complexity index is 482. The van der Waals surface area contributed by atoms with Gasteiger partial charge in [-0.15, -0.1) is 11.8 Å². The van der Waals surface area contributed by atoms with Gasteiger partial charge in [-0.2, -0.15) is 0 Å². The summed E-state index contributed by atoms with van der Waals surface area (Å²) in [5.41, 5.74) is 5.15. The van der Waals surface area contributed by atoms with E-state index >= 15 is 0 Å². The highest BCUT2D eigenvalue weighted by molar-refractivity contribution is 7.99. The van der Waals surface area contributed by atoms with E-state index < -0.39 is 11.7 Å². The number of nitrogens with two attached hydrogens (primary N) is 1. The number of hydrogen-bond acceptors (Lipinski definition) is 7. The Morgan fingerprint density at radius 1 is 1.08 bits per heavy atom. The summed E-state index contributed by atoms with van der Waals surface area (Å²) in [5, 5.41) is 4.80. The second-order valence-corrected chi connectivity index (χ2v) is 6.13. The third-order valence-electron chi connectivity index (χ3n) is 2.98. The van der Waals surface area contributed by atoms with Gasteiger partial charge in [-0.05, 0) is 19.9 Å². The Morgan fingerprint density at radius 3 is 2.40 bits per heavy atom. The molecule has 8 nitrogen and oxygen atoms in total. The molecule has 9 heteroatoms. The summed E-state index contributed by atoms with van der Waals surface area (Å²) in [6.45, 7) is 6.34. The first-order valence-electron chi connectivity index (χ1n) is 8.06. The van der Waals surface area contributed by atoms with Gasteiger partial charge in [0.2, 0.25) is 11.8 Å². The number of hydrogen-bond donors (Lipinski definition) is 3. The van der Waals surface area contributed by atoms with Gasteiger partial charge in [-0.25, -0.2) is 0 Å². The molecule has 0 saturated heterocycles. The van der Waals surface area contributed by atoms with Crippen LogP contribution in [0.5, 0.6) is 0 Å². The van der Waals surface area contributed by atoms with Gasteiger partial charge < -0.3 is 21.1 Å². The number of rotatable bonds is 15. The minimum absolute atomic E-state index is 0.150. The van der Waals surface area contributed by atoms with Crippen LogP contribution in [-0.4, -0.2) is 67.7 Å². The van der Waals surface area contributed by atoms with Gasteiger partial charge in [0.25, 0.3) is 0 Å². The molecule has 4 N–H and O–H groups in total. The largest absolute Gasteiger partial charge is 0.381 e. The Kier molecular flexibility index (Phi) is 13.6. The van der Waals surface area contributed by atoms with Crippen molar-refractivity contribution in [2.24, 2.45) is 5.73 Å². The summed E-state index contributed by atoms with van der Waals surface area (Å²) in [6.07, 6.45) is 0.637. The maximum absolute atomic E-state index is 11.7. The second-order valence-electron chi connectivity index (χ2n) is 5.02. The fraction of sp³-hybridized carbons (Fsp3) is 0.625. The topological polar surface area (TPSA) is 128 Å². The summed E-state index contributed by atoms with van der Waals surface area (Å²) in [6, 6.07) is 0. The molecule has 0 aliphatic heterocycles. The van der Waals surface area contributed by atoms with Gasteiger partial charge in [-0.1, -0.05) is 6.58 Å². The zero-order chi connectivity index (χ0) is 19.1. The van der Waals surface area contributed by atoms with Crippen molar-refractivity contribution < 1.29 is 23.9 Å². The predicted octanol–water partition coefficient (Wildman–Crippen LogP) is -0.578. The maximum atomic E-state index is 11.7. The van der Waals surface area contributed by atoms with Crippen LogP contribution in [0.3, 0.4) is 0 Å². The normalized spacial score (nSPS) is 10.2. The van der Waals surface area contributed by atoms with Crippen LogP contribution in [0.4, 0.5) is 0 Å². The first-order valence-corrected chi connectivity index (χ1v) is 9.22. The molecule has 0 unspecified atom stereocenters. The van der Waals surface area contributed by atoms with E-state index in [9.17, 15) is 19.2 Å². The molecule has 0 saturated carbocycles. The van der Waals surface area contributed by atoms with E-state index in [4.69, 9.17) is 10.5 Å². The number of ketones is 2. The third-order valence-corrected chi connectivity index (χ3v) is 3.90. The summed E-state index contributed by atoms with van der Waals surface area (Å²) in [5.74, 6) is -0.781. The molecule has 2 amide bonds. The lowest BCUT2D eigenvalue weighted by Gasteiger charge is -2.07. The zero-order valence-electron chi connectivity index (χ0n) is 14.6. The van der Waals surface area contributed by atoms with Crippen LogP contribution in [0.15, 0.2) is 12.2 Å². The van der Waals surface area contributed by atoms with Crippen molar-refractivity contribution in [2.45, 2.75) is 19.8 Å². The molecule has 0 heterocycles. The van der Waals surface area contributed by atoms with Crippen LogP contribution in [-0.2, 0) is 23.9 Å². The van der Waals surface area contributed by atoms with E-state index in [1.165, 1.54) is 11.8 Å². The van der Waals surface area contributed by atoms with Crippen molar-refractivity contribution in [3.63, 3.8) is 0 Å². The van der Waals surface area contributed by atoms with Crippen LogP contribution in [0.1, 0.15) is 19.8 Å². The van der Waals surface area contributed by atoms with Crippen LogP contribution in [0.25, 0.3) is 0 Å². The highest BCUT2D eigenvalue weighted by Crippen LogP contribution is 2.01. The first kappa shape index (κ1) is 23.3. The molecule has 0 aliphatic rings. The number of amides is 2. The van der Waals surface area contributed by atoms with Crippen molar-refractivity contribution in [3.8, 4) is 0 Å². The molecular weight excluding hydrogens is 346 g/mol. The lowest BCUT2D eigenvalue weighted by molar-refractivity contribution is -0.126. The lowest BCUT2D eigenvalue weighted by Crippen LogP contribution is -2.40. The molecule has 0 radical (unpaired) electrons. The SMILES string of the molecule is C=C(C(=O)CCCN)C(=O)CNC(=O)CNC(=O)CSCCOCC. The molecule has 25 heavy (non-hydrogen) atoms. The predicted molar refractivity (Wildman–Crippen MR) is 97.3 cm³/mol. The Labute approximate surface area is 152 Å². The Hall–Kier alpha value is -1.71. The number of ether oxygens (including phenoxy) is 1. The van der Waals surface area contributed by atoms with E-state index in [0.29, 0.717) is 31.9 Å². The summed E-state index contributed by atoms with van der Waals surface area (Å²) in [4.78, 5) is 46.5. The van der Waals surface area contributed by atoms with Crippen LogP contribution < -0.4 is 16.4 Å². The van der Waals surface area contributed by atoms with E-state index in [1.807, 2.05) is 6.92 Å². The van der Waals surface area contributed by atoms with Crippen LogP contribution in [0, 0.1) is 0 Å². The fourth-order valence-electron chi connectivity index (χ4n) is 1.57. The van der Waals surface area contributed by atoms with Gasteiger partial charge in [0.1, 0.15) is 0 Å². The van der Waals surface area contributed by atoms with Crippen molar-refractivity contribution in [1.29, 1.82) is 0 Å². The third kappa shape index (κ3) is 12.3. The minimum Gasteiger partial charge on any atom is -0.381 e. The molecule has 0 aromatic rings. The van der Waals surface area contributed by atoms with Gasteiger partial charge in [-0.3, -0.25) is 19.2 Å². The molecule has 0 aromatic carbocycles. The van der Waals surface area contributed by atoms with Gasteiger partial charge in [0, 0.05) is 18.8 Å². The molecule has 0 rings (SSSR count). The van der Waals surface area contributed by atoms with Crippen LogP contribution >= 0.6 is 11.8 Å². The van der Waals surface area contributed by atoms with Crippen molar-refractivity contribution >= 4 is 35.1 Å². The second kappa shape index (κ2) is 14.6. The Morgan fingerprint density at radius 2 is 1.76 bits per heavy atom. The monoisotopic (exact) mass is 373 g/mol.